The Morgan fingerprint density at radius 1 is 1.33 bits per heavy atom. The maximum absolute atomic E-state index is 13.3. The van der Waals surface area contributed by atoms with Gasteiger partial charge in [-0.15, -0.1) is 0 Å². The van der Waals surface area contributed by atoms with Crippen LogP contribution in [0.25, 0.3) is 11.3 Å². The van der Waals surface area contributed by atoms with Crippen molar-refractivity contribution in [1.29, 1.82) is 0 Å². The summed E-state index contributed by atoms with van der Waals surface area (Å²) in [5, 5.41) is 2.67. The van der Waals surface area contributed by atoms with Crippen LogP contribution < -0.4 is 5.32 Å². The van der Waals surface area contributed by atoms with Gasteiger partial charge in [0.15, 0.2) is 5.76 Å². The zero-order chi connectivity index (χ0) is 10.8. The molecule has 0 atom stereocenters. The van der Waals surface area contributed by atoms with Gasteiger partial charge in [0.1, 0.15) is 11.6 Å². The monoisotopic (exact) mass is 210 g/mol. The number of halogens is 2. The second-order valence-corrected chi connectivity index (χ2v) is 2.90. The molecular weight excluding hydrogens is 202 g/mol. The van der Waals surface area contributed by atoms with Crippen LogP contribution in [0.2, 0.25) is 0 Å². The van der Waals surface area contributed by atoms with Crippen LogP contribution in [-0.4, -0.2) is 12.0 Å². The Bertz CT molecular complexity index is 482. The molecule has 1 aromatic heterocycles. The van der Waals surface area contributed by atoms with Gasteiger partial charge in [-0.05, 0) is 12.1 Å². The van der Waals surface area contributed by atoms with Gasteiger partial charge in [-0.1, -0.05) is 0 Å². The quantitative estimate of drug-likeness (QED) is 0.828. The predicted molar refractivity (Wildman–Crippen MR) is 51.4 cm³/mol. The summed E-state index contributed by atoms with van der Waals surface area (Å²) in [5.41, 5.74) is 0.186. The molecule has 78 valence electrons. The fourth-order valence-corrected chi connectivity index (χ4v) is 1.20. The van der Waals surface area contributed by atoms with E-state index in [1.807, 2.05) is 0 Å². The van der Waals surface area contributed by atoms with E-state index in [2.05, 4.69) is 10.3 Å². The number of nitrogens with zero attached hydrogens (tertiary/aromatic N) is 1. The van der Waals surface area contributed by atoms with Crippen molar-refractivity contribution in [3.8, 4) is 11.3 Å². The first-order valence-corrected chi connectivity index (χ1v) is 4.29. The maximum Gasteiger partial charge on any atom is 0.294 e. The number of benzene rings is 1. The van der Waals surface area contributed by atoms with Crippen molar-refractivity contribution >= 4 is 6.01 Å². The lowest BCUT2D eigenvalue weighted by Crippen LogP contribution is -1.86. The third-order valence-electron chi connectivity index (χ3n) is 1.92. The third kappa shape index (κ3) is 1.81. The average molecular weight is 210 g/mol. The standard InChI is InChI=1S/C10H8F2N2O/c1-13-10-14-5-9(15-10)7-3-2-6(11)4-8(7)12/h2-5H,1H3,(H,13,14). The highest BCUT2D eigenvalue weighted by molar-refractivity contribution is 5.58. The molecule has 0 spiro atoms. The van der Waals surface area contributed by atoms with Gasteiger partial charge < -0.3 is 9.73 Å². The lowest BCUT2D eigenvalue weighted by atomic mass is 10.2. The highest BCUT2D eigenvalue weighted by Crippen LogP contribution is 2.25. The molecule has 0 amide bonds. The number of aromatic nitrogens is 1. The second-order valence-electron chi connectivity index (χ2n) is 2.90. The molecule has 1 aromatic carbocycles. The summed E-state index contributed by atoms with van der Waals surface area (Å²) in [6.45, 7) is 0. The Balaban J connectivity index is 2.44. The molecule has 0 fully saturated rings. The van der Waals surface area contributed by atoms with Crippen LogP contribution in [0.5, 0.6) is 0 Å². The summed E-state index contributed by atoms with van der Waals surface area (Å²) in [6.07, 6.45) is 1.38. The fourth-order valence-electron chi connectivity index (χ4n) is 1.20. The van der Waals surface area contributed by atoms with Gasteiger partial charge in [0.25, 0.3) is 6.01 Å². The molecule has 0 aliphatic carbocycles. The van der Waals surface area contributed by atoms with Crippen LogP contribution >= 0.6 is 0 Å². The average Bonchev–Trinajstić information content (AvgIpc) is 2.66. The summed E-state index contributed by atoms with van der Waals surface area (Å²) in [7, 11) is 1.64. The van der Waals surface area contributed by atoms with Crippen LogP contribution in [0, 0.1) is 11.6 Å². The molecule has 2 rings (SSSR count). The molecule has 1 heterocycles. The van der Waals surface area contributed by atoms with Crippen molar-refractivity contribution < 1.29 is 13.2 Å². The molecule has 0 radical (unpaired) electrons. The highest BCUT2D eigenvalue weighted by Gasteiger charge is 2.10. The maximum atomic E-state index is 13.3. The van der Waals surface area contributed by atoms with E-state index in [0.717, 1.165) is 6.07 Å². The largest absolute Gasteiger partial charge is 0.423 e. The van der Waals surface area contributed by atoms with E-state index in [1.54, 1.807) is 7.05 Å². The lowest BCUT2D eigenvalue weighted by molar-refractivity contribution is 0.564. The second kappa shape index (κ2) is 3.68. The molecule has 0 aliphatic heterocycles. The zero-order valence-electron chi connectivity index (χ0n) is 7.92. The number of hydrogen-bond acceptors (Lipinski definition) is 3. The van der Waals surface area contributed by atoms with Gasteiger partial charge in [-0.25, -0.2) is 13.8 Å². The molecule has 0 saturated heterocycles. The predicted octanol–water partition coefficient (Wildman–Crippen LogP) is 2.66. The Kier molecular flexibility index (Phi) is 2.37. The molecular formula is C10H8F2N2O. The van der Waals surface area contributed by atoms with E-state index < -0.39 is 11.6 Å². The third-order valence-corrected chi connectivity index (χ3v) is 1.92. The van der Waals surface area contributed by atoms with Gasteiger partial charge in [0.05, 0.1) is 11.8 Å². The number of rotatable bonds is 2. The van der Waals surface area contributed by atoms with Crippen LogP contribution in [0.1, 0.15) is 0 Å². The smallest absolute Gasteiger partial charge is 0.294 e. The van der Waals surface area contributed by atoms with Crippen molar-refractivity contribution in [1.82, 2.24) is 4.98 Å². The number of anilines is 1. The normalized spacial score (nSPS) is 10.3. The van der Waals surface area contributed by atoms with Crippen LogP contribution in [0.3, 0.4) is 0 Å². The summed E-state index contributed by atoms with van der Waals surface area (Å²) in [4.78, 5) is 3.84. The highest BCUT2D eigenvalue weighted by atomic mass is 19.1. The molecule has 0 saturated carbocycles. The molecule has 0 unspecified atom stereocenters. The van der Waals surface area contributed by atoms with E-state index in [0.29, 0.717) is 0 Å². The van der Waals surface area contributed by atoms with Gasteiger partial charge in [0, 0.05) is 13.1 Å². The van der Waals surface area contributed by atoms with Gasteiger partial charge in [-0.2, -0.15) is 0 Å². The summed E-state index contributed by atoms with van der Waals surface area (Å²) < 4.78 is 31.1. The van der Waals surface area contributed by atoms with E-state index in [4.69, 9.17) is 4.42 Å². The molecule has 15 heavy (non-hydrogen) atoms. The minimum atomic E-state index is -0.672. The van der Waals surface area contributed by atoms with Crippen molar-refractivity contribution in [3.63, 3.8) is 0 Å². The Morgan fingerprint density at radius 3 is 2.73 bits per heavy atom. The first-order valence-electron chi connectivity index (χ1n) is 4.29. The topological polar surface area (TPSA) is 38.1 Å². The van der Waals surface area contributed by atoms with Crippen LogP contribution in [0.4, 0.5) is 14.8 Å². The minimum absolute atomic E-state index is 0.186. The van der Waals surface area contributed by atoms with Crippen LogP contribution in [0.15, 0.2) is 28.8 Å². The van der Waals surface area contributed by atoms with Gasteiger partial charge in [-0.3, -0.25) is 0 Å². The molecule has 5 heteroatoms. The molecule has 1 N–H and O–H groups in total. The molecule has 3 nitrogen and oxygen atoms in total. The van der Waals surface area contributed by atoms with E-state index in [-0.39, 0.29) is 17.3 Å². The molecule has 0 aliphatic rings. The first kappa shape index (κ1) is 9.64. The van der Waals surface area contributed by atoms with E-state index in [1.165, 1.54) is 18.3 Å². The SMILES string of the molecule is CNc1ncc(-c2ccc(F)cc2F)o1. The van der Waals surface area contributed by atoms with E-state index in [9.17, 15) is 8.78 Å². The Hall–Kier alpha value is -1.91. The van der Waals surface area contributed by atoms with E-state index >= 15 is 0 Å². The van der Waals surface area contributed by atoms with Gasteiger partial charge >= 0.3 is 0 Å². The minimum Gasteiger partial charge on any atom is -0.423 e. The summed E-state index contributed by atoms with van der Waals surface area (Å²) in [6, 6.07) is 3.57. The Morgan fingerprint density at radius 2 is 2.13 bits per heavy atom. The van der Waals surface area contributed by atoms with Crippen molar-refractivity contribution in [2.75, 3.05) is 12.4 Å². The first-order chi connectivity index (χ1) is 7.20. The summed E-state index contributed by atoms with van der Waals surface area (Å²) >= 11 is 0. The number of nitrogens with one attached hydrogen (secondary N) is 1. The van der Waals surface area contributed by atoms with Crippen molar-refractivity contribution in [2.45, 2.75) is 0 Å². The van der Waals surface area contributed by atoms with Crippen molar-refractivity contribution in [2.24, 2.45) is 0 Å². The van der Waals surface area contributed by atoms with Crippen molar-refractivity contribution in [3.05, 3.63) is 36.0 Å². The molecule has 2 aromatic rings. The summed E-state index contributed by atoms with van der Waals surface area (Å²) in [5.74, 6) is -1.03. The number of oxazole rings is 1. The van der Waals surface area contributed by atoms with Gasteiger partial charge in [0.2, 0.25) is 0 Å². The van der Waals surface area contributed by atoms with Crippen LogP contribution in [-0.2, 0) is 0 Å². The lowest BCUT2D eigenvalue weighted by Gasteiger charge is -1.98. The Labute approximate surface area is 84.7 Å². The molecule has 0 bridgehead atoms. The zero-order valence-corrected chi connectivity index (χ0v) is 7.92. The fraction of sp³-hybridized carbons (Fsp3) is 0.100. The number of hydrogen-bond donors (Lipinski definition) is 1.